The SMILES string of the molecule is CNC(Cc1nc2ccccc2o1)C(C)(F)F. The minimum absolute atomic E-state index is 0.0642. The van der Waals surface area contributed by atoms with Crippen LogP contribution in [-0.2, 0) is 6.42 Å². The highest BCUT2D eigenvalue weighted by atomic mass is 19.3. The fraction of sp³-hybridized carbons (Fsp3) is 0.417. The Hall–Kier alpha value is -1.49. The van der Waals surface area contributed by atoms with Crippen LogP contribution >= 0.6 is 0 Å². The van der Waals surface area contributed by atoms with Gasteiger partial charge in [0.1, 0.15) is 5.52 Å². The number of halogens is 2. The van der Waals surface area contributed by atoms with Crippen LogP contribution in [0.25, 0.3) is 11.1 Å². The molecule has 0 amide bonds. The summed E-state index contributed by atoms with van der Waals surface area (Å²) >= 11 is 0. The van der Waals surface area contributed by atoms with Crippen LogP contribution in [0.1, 0.15) is 12.8 Å². The summed E-state index contributed by atoms with van der Waals surface area (Å²) in [6.07, 6.45) is 0.0642. The molecule has 0 spiro atoms. The Morgan fingerprint density at radius 2 is 2.12 bits per heavy atom. The van der Waals surface area contributed by atoms with Gasteiger partial charge in [0.05, 0.1) is 6.04 Å². The second-order valence-electron chi connectivity index (χ2n) is 4.08. The van der Waals surface area contributed by atoms with Crippen molar-refractivity contribution in [2.45, 2.75) is 25.3 Å². The molecule has 0 saturated heterocycles. The summed E-state index contributed by atoms with van der Waals surface area (Å²) in [5.74, 6) is -2.48. The Morgan fingerprint density at radius 1 is 1.41 bits per heavy atom. The van der Waals surface area contributed by atoms with Crippen LogP contribution < -0.4 is 5.32 Å². The molecule has 0 radical (unpaired) electrons. The van der Waals surface area contributed by atoms with Gasteiger partial charge in [0.2, 0.25) is 0 Å². The van der Waals surface area contributed by atoms with Gasteiger partial charge < -0.3 is 9.73 Å². The summed E-state index contributed by atoms with van der Waals surface area (Å²) in [6, 6.07) is 6.24. The molecule has 1 unspecified atom stereocenters. The number of likely N-dealkylation sites (N-methyl/N-ethyl adjacent to an activating group) is 1. The number of hydrogen-bond donors (Lipinski definition) is 1. The van der Waals surface area contributed by atoms with Crippen molar-refractivity contribution in [1.82, 2.24) is 10.3 Å². The van der Waals surface area contributed by atoms with E-state index in [1.807, 2.05) is 12.1 Å². The van der Waals surface area contributed by atoms with Gasteiger partial charge in [0.25, 0.3) is 5.92 Å². The lowest BCUT2D eigenvalue weighted by Crippen LogP contribution is -2.42. The van der Waals surface area contributed by atoms with E-state index >= 15 is 0 Å². The predicted molar refractivity (Wildman–Crippen MR) is 61.2 cm³/mol. The van der Waals surface area contributed by atoms with Gasteiger partial charge in [-0.3, -0.25) is 0 Å². The molecule has 0 fully saturated rings. The molecule has 0 aliphatic carbocycles. The highest BCUT2D eigenvalue weighted by Gasteiger charge is 2.34. The normalized spacial score (nSPS) is 14.1. The van der Waals surface area contributed by atoms with E-state index in [2.05, 4.69) is 10.3 Å². The quantitative estimate of drug-likeness (QED) is 0.892. The summed E-state index contributed by atoms with van der Waals surface area (Å²) in [6.45, 7) is 0.886. The molecule has 17 heavy (non-hydrogen) atoms. The lowest BCUT2D eigenvalue weighted by molar-refractivity contribution is -0.0174. The average molecular weight is 240 g/mol. The number of fused-ring (bicyclic) bond motifs is 1. The molecule has 3 nitrogen and oxygen atoms in total. The molecule has 92 valence electrons. The van der Waals surface area contributed by atoms with E-state index in [0.29, 0.717) is 17.0 Å². The molecular formula is C12H14F2N2O. The summed E-state index contributed by atoms with van der Waals surface area (Å²) < 4.78 is 31.8. The molecule has 1 heterocycles. The van der Waals surface area contributed by atoms with Crippen molar-refractivity contribution < 1.29 is 13.2 Å². The maximum atomic E-state index is 13.2. The molecule has 1 N–H and O–H groups in total. The molecule has 0 aliphatic rings. The van der Waals surface area contributed by atoms with Crippen LogP contribution in [-0.4, -0.2) is 24.0 Å². The monoisotopic (exact) mass is 240 g/mol. The second-order valence-corrected chi connectivity index (χ2v) is 4.08. The summed E-state index contributed by atoms with van der Waals surface area (Å²) in [4.78, 5) is 4.17. The molecule has 0 bridgehead atoms. The summed E-state index contributed by atoms with van der Waals surface area (Å²) in [5, 5.41) is 2.58. The molecular weight excluding hydrogens is 226 g/mol. The number of aromatic nitrogens is 1. The maximum absolute atomic E-state index is 13.2. The van der Waals surface area contributed by atoms with Gasteiger partial charge in [-0.1, -0.05) is 12.1 Å². The van der Waals surface area contributed by atoms with Crippen molar-refractivity contribution in [2.24, 2.45) is 0 Å². The number of nitrogens with zero attached hydrogens (tertiary/aromatic N) is 1. The largest absolute Gasteiger partial charge is 0.441 e. The van der Waals surface area contributed by atoms with E-state index in [-0.39, 0.29) is 6.42 Å². The highest BCUT2D eigenvalue weighted by Crippen LogP contribution is 2.22. The number of para-hydroxylation sites is 2. The van der Waals surface area contributed by atoms with Gasteiger partial charge in [-0.15, -0.1) is 0 Å². The average Bonchev–Trinajstić information content (AvgIpc) is 2.66. The van der Waals surface area contributed by atoms with Crippen molar-refractivity contribution in [1.29, 1.82) is 0 Å². The third-order valence-electron chi connectivity index (χ3n) is 2.68. The van der Waals surface area contributed by atoms with Gasteiger partial charge in [0, 0.05) is 13.3 Å². The van der Waals surface area contributed by atoms with Crippen molar-refractivity contribution >= 4 is 11.1 Å². The number of hydrogen-bond acceptors (Lipinski definition) is 3. The minimum atomic E-state index is -2.81. The van der Waals surface area contributed by atoms with Crippen LogP contribution in [0.4, 0.5) is 8.78 Å². The van der Waals surface area contributed by atoms with Gasteiger partial charge in [-0.2, -0.15) is 0 Å². The third-order valence-corrected chi connectivity index (χ3v) is 2.68. The lowest BCUT2D eigenvalue weighted by atomic mass is 10.1. The zero-order valence-electron chi connectivity index (χ0n) is 9.71. The van der Waals surface area contributed by atoms with Crippen molar-refractivity contribution in [2.75, 3.05) is 7.05 Å². The van der Waals surface area contributed by atoms with E-state index in [1.165, 1.54) is 7.05 Å². The Kier molecular flexibility index (Phi) is 3.11. The third kappa shape index (κ3) is 2.61. The van der Waals surface area contributed by atoms with Crippen LogP contribution in [0.15, 0.2) is 28.7 Å². The molecule has 2 rings (SSSR count). The molecule has 1 atom stereocenters. The second kappa shape index (κ2) is 4.41. The Balaban J connectivity index is 2.23. The first-order valence-electron chi connectivity index (χ1n) is 5.40. The standard InChI is InChI=1S/C12H14F2N2O/c1-12(13,14)10(15-2)7-11-16-8-5-3-4-6-9(8)17-11/h3-6,10,15H,7H2,1-2H3. The summed E-state index contributed by atoms with van der Waals surface area (Å²) in [5.41, 5.74) is 1.31. The van der Waals surface area contributed by atoms with E-state index in [9.17, 15) is 8.78 Å². The Bertz CT molecular complexity index is 471. The number of oxazole rings is 1. The zero-order chi connectivity index (χ0) is 12.5. The molecule has 5 heteroatoms. The lowest BCUT2D eigenvalue weighted by Gasteiger charge is -2.21. The van der Waals surface area contributed by atoms with Crippen LogP contribution in [0.5, 0.6) is 0 Å². The molecule has 2 aromatic rings. The van der Waals surface area contributed by atoms with Gasteiger partial charge in [-0.05, 0) is 19.2 Å². The predicted octanol–water partition coefficient (Wildman–Crippen LogP) is 2.61. The zero-order valence-corrected chi connectivity index (χ0v) is 9.71. The minimum Gasteiger partial charge on any atom is -0.441 e. The Labute approximate surface area is 97.8 Å². The van der Waals surface area contributed by atoms with E-state index in [1.54, 1.807) is 12.1 Å². The van der Waals surface area contributed by atoms with E-state index in [0.717, 1.165) is 6.92 Å². The van der Waals surface area contributed by atoms with Crippen molar-refractivity contribution in [3.63, 3.8) is 0 Å². The van der Waals surface area contributed by atoms with Crippen molar-refractivity contribution in [3.05, 3.63) is 30.2 Å². The number of rotatable bonds is 4. The number of nitrogens with one attached hydrogen (secondary N) is 1. The number of benzene rings is 1. The molecule has 1 aromatic heterocycles. The number of alkyl halides is 2. The molecule has 1 aromatic carbocycles. The smallest absolute Gasteiger partial charge is 0.260 e. The summed E-state index contributed by atoms with van der Waals surface area (Å²) in [7, 11) is 1.50. The van der Waals surface area contributed by atoms with Crippen molar-refractivity contribution in [3.8, 4) is 0 Å². The first kappa shape index (κ1) is 12.0. The fourth-order valence-corrected chi connectivity index (χ4v) is 1.72. The molecule has 0 aliphatic heterocycles. The van der Waals surface area contributed by atoms with Crippen LogP contribution in [0.2, 0.25) is 0 Å². The highest BCUT2D eigenvalue weighted by molar-refractivity contribution is 5.72. The van der Waals surface area contributed by atoms with Gasteiger partial charge in [0.15, 0.2) is 11.5 Å². The van der Waals surface area contributed by atoms with E-state index < -0.39 is 12.0 Å². The van der Waals surface area contributed by atoms with Crippen LogP contribution in [0, 0.1) is 0 Å². The Morgan fingerprint density at radius 3 is 2.71 bits per heavy atom. The first-order valence-corrected chi connectivity index (χ1v) is 5.40. The first-order chi connectivity index (χ1) is 8.00. The van der Waals surface area contributed by atoms with Gasteiger partial charge >= 0.3 is 0 Å². The van der Waals surface area contributed by atoms with Crippen LogP contribution in [0.3, 0.4) is 0 Å². The maximum Gasteiger partial charge on any atom is 0.260 e. The molecule has 0 saturated carbocycles. The van der Waals surface area contributed by atoms with Gasteiger partial charge in [-0.25, -0.2) is 13.8 Å². The fourth-order valence-electron chi connectivity index (χ4n) is 1.72. The topological polar surface area (TPSA) is 38.1 Å². The van der Waals surface area contributed by atoms with E-state index in [4.69, 9.17) is 4.42 Å².